The predicted octanol–water partition coefficient (Wildman–Crippen LogP) is 2.79. The van der Waals surface area contributed by atoms with Crippen molar-refractivity contribution in [2.24, 2.45) is 7.05 Å². The SMILES string of the molecule is Cc1nn(C)c(C)c1CNC(=O)c1ccc(Br)s1. The Morgan fingerprint density at radius 2 is 2.22 bits per heavy atom. The third-order valence-electron chi connectivity index (χ3n) is 2.88. The molecule has 0 atom stereocenters. The Bertz CT molecular complexity index is 588. The van der Waals surface area contributed by atoms with E-state index in [1.54, 1.807) is 0 Å². The van der Waals surface area contributed by atoms with Gasteiger partial charge in [-0.1, -0.05) is 0 Å². The minimum atomic E-state index is -0.0478. The van der Waals surface area contributed by atoms with Crippen LogP contribution in [0.2, 0.25) is 0 Å². The molecule has 2 aromatic rings. The van der Waals surface area contributed by atoms with Crippen LogP contribution in [-0.4, -0.2) is 15.7 Å². The quantitative estimate of drug-likeness (QED) is 0.942. The molecule has 1 amide bonds. The first-order valence-corrected chi connectivity index (χ1v) is 7.12. The van der Waals surface area contributed by atoms with Crippen molar-refractivity contribution in [2.75, 3.05) is 0 Å². The van der Waals surface area contributed by atoms with Crippen molar-refractivity contribution in [2.45, 2.75) is 20.4 Å². The molecule has 0 unspecified atom stereocenters. The summed E-state index contributed by atoms with van der Waals surface area (Å²) < 4.78 is 2.79. The first-order valence-electron chi connectivity index (χ1n) is 5.51. The molecule has 0 saturated heterocycles. The van der Waals surface area contributed by atoms with Crippen molar-refractivity contribution in [3.63, 3.8) is 0 Å². The van der Waals surface area contributed by atoms with E-state index in [4.69, 9.17) is 0 Å². The van der Waals surface area contributed by atoms with E-state index in [0.29, 0.717) is 11.4 Å². The summed E-state index contributed by atoms with van der Waals surface area (Å²) in [6.07, 6.45) is 0. The Morgan fingerprint density at radius 3 is 2.72 bits per heavy atom. The van der Waals surface area contributed by atoms with Gasteiger partial charge in [0.05, 0.1) is 14.4 Å². The van der Waals surface area contributed by atoms with Gasteiger partial charge in [-0.25, -0.2) is 0 Å². The van der Waals surface area contributed by atoms with E-state index in [1.165, 1.54) is 11.3 Å². The summed E-state index contributed by atoms with van der Waals surface area (Å²) in [4.78, 5) is 12.6. The average molecular weight is 328 g/mol. The van der Waals surface area contributed by atoms with Gasteiger partial charge in [0.25, 0.3) is 5.91 Å². The maximum Gasteiger partial charge on any atom is 0.261 e. The molecule has 0 aliphatic rings. The normalized spacial score (nSPS) is 10.7. The number of rotatable bonds is 3. The first-order chi connectivity index (χ1) is 8.49. The lowest BCUT2D eigenvalue weighted by Crippen LogP contribution is -2.22. The fourth-order valence-corrected chi connectivity index (χ4v) is 3.07. The molecule has 2 rings (SSSR count). The van der Waals surface area contributed by atoms with Crippen LogP contribution >= 0.6 is 27.3 Å². The van der Waals surface area contributed by atoms with Gasteiger partial charge in [-0.05, 0) is 41.9 Å². The van der Waals surface area contributed by atoms with Crippen molar-refractivity contribution in [3.8, 4) is 0 Å². The van der Waals surface area contributed by atoms with Crippen molar-refractivity contribution >= 4 is 33.2 Å². The van der Waals surface area contributed by atoms with Crippen molar-refractivity contribution in [3.05, 3.63) is 37.7 Å². The van der Waals surface area contributed by atoms with Crippen molar-refractivity contribution < 1.29 is 4.79 Å². The van der Waals surface area contributed by atoms with Gasteiger partial charge in [0.2, 0.25) is 0 Å². The molecular formula is C12H14BrN3OS. The molecule has 2 aromatic heterocycles. The van der Waals surface area contributed by atoms with E-state index >= 15 is 0 Å². The molecule has 0 bridgehead atoms. The molecule has 0 fully saturated rings. The van der Waals surface area contributed by atoms with Crippen molar-refractivity contribution in [1.29, 1.82) is 0 Å². The number of hydrogen-bond donors (Lipinski definition) is 1. The number of thiophene rings is 1. The van der Waals surface area contributed by atoms with Gasteiger partial charge in [0.1, 0.15) is 0 Å². The molecular weight excluding hydrogens is 314 g/mol. The van der Waals surface area contributed by atoms with Gasteiger partial charge in [-0.2, -0.15) is 5.10 Å². The zero-order chi connectivity index (χ0) is 13.3. The molecule has 0 radical (unpaired) electrons. The minimum absolute atomic E-state index is 0.0478. The lowest BCUT2D eigenvalue weighted by Gasteiger charge is -2.04. The Hall–Kier alpha value is -1.14. The van der Waals surface area contributed by atoms with Gasteiger partial charge in [0.15, 0.2) is 0 Å². The van der Waals surface area contributed by atoms with E-state index in [0.717, 1.165) is 20.7 Å². The molecule has 0 aromatic carbocycles. The number of nitrogens with one attached hydrogen (secondary N) is 1. The lowest BCUT2D eigenvalue weighted by atomic mass is 10.2. The second kappa shape index (κ2) is 5.24. The molecule has 0 aliphatic heterocycles. The summed E-state index contributed by atoms with van der Waals surface area (Å²) in [5, 5.41) is 7.25. The summed E-state index contributed by atoms with van der Waals surface area (Å²) in [5.74, 6) is -0.0478. The summed E-state index contributed by atoms with van der Waals surface area (Å²) >= 11 is 4.78. The molecule has 4 nitrogen and oxygen atoms in total. The van der Waals surface area contributed by atoms with Gasteiger partial charge >= 0.3 is 0 Å². The van der Waals surface area contributed by atoms with Crippen LogP contribution in [0.5, 0.6) is 0 Å². The second-order valence-corrected chi connectivity index (χ2v) is 6.52. The highest BCUT2D eigenvalue weighted by atomic mass is 79.9. The van der Waals surface area contributed by atoms with E-state index in [9.17, 15) is 4.79 Å². The number of carbonyl (C=O) groups is 1. The Balaban J connectivity index is 2.06. The molecule has 18 heavy (non-hydrogen) atoms. The topological polar surface area (TPSA) is 46.9 Å². The number of halogens is 1. The smallest absolute Gasteiger partial charge is 0.261 e. The largest absolute Gasteiger partial charge is 0.347 e. The number of aryl methyl sites for hydroxylation is 2. The molecule has 6 heteroatoms. The third kappa shape index (κ3) is 2.64. The maximum absolute atomic E-state index is 11.9. The van der Waals surface area contributed by atoms with Gasteiger partial charge in [0, 0.05) is 24.8 Å². The number of nitrogens with zero attached hydrogens (tertiary/aromatic N) is 2. The summed E-state index contributed by atoms with van der Waals surface area (Å²) in [5.41, 5.74) is 3.13. The fourth-order valence-electron chi connectivity index (χ4n) is 1.77. The zero-order valence-corrected chi connectivity index (χ0v) is 12.9. The summed E-state index contributed by atoms with van der Waals surface area (Å²) in [7, 11) is 1.91. The third-order valence-corrected chi connectivity index (χ3v) is 4.50. The lowest BCUT2D eigenvalue weighted by molar-refractivity contribution is 0.0955. The standard InChI is InChI=1S/C12H14BrN3OS/c1-7-9(8(2)16(3)15-7)6-14-12(17)10-4-5-11(13)18-10/h4-5H,6H2,1-3H3,(H,14,17). The zero-order valence-electron chi connectivity index (χ0n) is 10.5. The number of aromatic nitrogens is 2. The highest BCUT2D eigenvalue weighted by Crippen LogP contribution is 2.22. The molecule has 96 valence electrons. The van der Waals surface area contributed by atoms with Crippen LogP contribution in [0.1, 0.15) is 26.6 Å². The Morgan fingerprint density at radius 1 is 1.50 bits per heavy atom. The van der Waals surface area contributed by atoms with Crippen LogP contribution in [0.4, 0.5) is 0 Å². The first kappa shape index (κ1) is 13.3. The van der Waals surface area contributed by atoms with Gasteiger partial charge < -0.3 is 5.32 Å². The summed E-state index contributed by atoms with van der Waals surface area (Å²) in [6, 6.07) is 3.69. The minimum Gasteiger partial charge on any atom is -0.347 e. The molecule has 2 heterocycles. The average Bonchev–Trinajstić information content (AvgIpc) is 2.83. The number of hydrogen-bond acceptors (Lipinski definition) is 3. The van der Waals surface area contributed by atoms with Crippen molar-refractivity contribution in [1.82, 2.24) is 15.1 Å². The van der Waals surface area contributed by atoms with Crippen LogP contribution in [0.3, 0.4) is 0 Å². The van der Waals surface area contributed by atoms with Crippen LogP contribution in [0.15, 0.2) is 15.9 Å². The second-order valence-electron chi connectivity index (χ2n) is 4.06. The predicted molar refractivity (Wildman–Crippen MR) is 75.9 cm³/mol. The molecule has 0 aliphatic carbocycles. The Labute approximate surface area is 118 Å². The van der Waals surface area contributed by atoms with Gasteiger partial charge in [-0.3, -0.25) is 9.48 Å². The number of carbonyl (C=O) groups excluding carboxylic acids is 1. The van der Waals surface area contributed by atoms with Gasteiger partial charge in [-0.15, -0.1) is 11.3 Å². The number of amides is 1. The molecule has 0 spiro atoms. The van der Waals surface area contributed by atoms with E-state index < -0.39 is 0 Å². The van der Waals surface area contributed by atoms with Crippen LogP contribution in [0.25, 0.3) is 0 Å². The maximum atomic E-state index is 11.9. The molecule has 1 N–H and O–H groups in total. The Kier molecular flexibility index (Phi) is 3.87. The van der Waals surface area contributed by atoms with E-state index in [1.807, 2.05) is 37.7 Å². The highest BCUT2D eigenvalue weighted by Gasteiger charge is 2.12. The van der Waals surface area contributed by atoms with Crippen LogP contribution in [0, 0.1) is 13.8 Å². The molecule has 0 saturated carbocycles. The highest BCUT2D eigenvalue weighted by molar-refractivity contribution is 9.11. The summed E-state index contributed by atoms with van der Waals surface area (Å²) in [6.45, 7) is 4.47. The van der Waals surface area contributed by atoms with E-state index in [-0.39, 0.29) is 5.91 Å². The fraction of sp³-hybridized carbons (Fsp3) is 0.333. The monoisotopic (exact) mass is 327 g/mol. The van der Waals surface area contributed by atoms with Crippen LogP contribution in [-0.2, 0) is 13.6 Å². The van der Waals surface area contributed by atoms with Crippen LogP contribution < -0.4 is 5.32 Å². The van der Waals surface area contributed by atoms with E-state index in [2.05, 4.69) is 26.3 Å².